The van der Waals surface area contributed by atoms with Crippen LogP contribution in [-0.2, 0) is 22.5 Å². The number of rotatable bonds is 7. The maximum absolute atomic E-state index is 11.0. The van der Waals surface area contributed by atoms with Crippen molar-refractivity contribution in [1.29, 1.82) is 0 Å². The molecular weight excluding hydrogens is 274 g/mol. The molecule has 0 aromatic heterocycles. The smallest absolute Gasteiger partial charge is 0.330 e. The molecule has 0 saturated heterocycles. The summed E-state index contributed by atoms with van der Waals surface area (Å²) in [5.41, 5.74) is 3.56. The highest BCUT2D eigenvalue weighted by atomic mass is 16.5. The van der Waals surface area contributed by atoms with Crippen molar-refractivity contribution in [3.8, 4) is 0 Å². The van der Waals surface area contributed by atoms with Crippen molar-refractivity contribution in [2.75, 3.05) is 13.7 Å². The van der Waals surface area contributed by atoms with Crippen LogP contribution in [0.4, 0.5) is 0 Å². The first kappa shape index (κ1) is 16.0. The topological polar surface area (TPSA) is 38.3 Å². The van der Waals surface area contributed by atoms with Crippen molar-refractivity contribution in [3.63, 3.8) is 0 Å². The summed E-state index contributed by atoms with van der Waals surface area (Å²) in [4.78, 5) is 11.0. The van der Waals surface area contributed by atoms with Gasteiger partial charge in [-0.25, -0.2) is 4.79 Å². The minimum Gasteiger partial charge on any atom is -0.466 e. The molecule has 0 unspecified atom stereocenters. The van der Waals surface area contributed by atoms with Crippen LogP contribution in [0.3, 0.4) is 0 Å². The lowest BCUT2D eigenvalue weighted by Gasteiger charge is -2.05. The number of benzene rings is 2. The lowest BCUT2D eigenvalue weighted by Crippen LogP contribution is -2.16. The summed E-state index contributed by atoms with van der Waals surface area (Å²) in [6.45, 7) is 1.79. The zero-order chi connectivity index (χ0) is 15.6. The van der Waals surface area contributed by atoms with Gasteiger partial charge in [0.1, 0.15) is 0 Å². The van der Waals surface area contributed by atoms with E-state index in [2.05, 4.69) is 46.5 Å². The van der Waals surface area contributed by atoms with Gasteiger partial charge in [0, 0.05) is 12.6 Å². The Kier molecular flexibility index (Phi) is 6.39. The number of ether oxygens (including phenoxy) is 1. The van der Waals surface area contributed by atoms with E-state index in [1.165, 1.54) is 24.3 Å². The predicted molar refractivity (Wildman–Crippen MR) is 89.3 cm³/mol. The third kappa shape index (κ3) is 5.54. The summed E-state index contributed by atoms with van der Waals surface area (Å²) >= 11 is 0. The van der Waals surface area contributed by atoms with Crippen molar-refractivity contribution in [2.24, 2.45) is 0 Å². The lowest BCUT2D eigenvalue weighted by atomic mass is 10.1. The molecule has 3 nitrogen and oxygen atoms in total. The molecule has 2 rings (SSSR count). The third-order valence-electron chi connectivity index (χ3n) is 3.36. The average molecular weight is 295 g/mol. The fourth-order valence-corrected chi connectivity index (χ4v) is 2.09. The first-order valence-corrected chi connectivity index (χ1v) is 7.37. The molecule has 3 heteroatoms. The monoisotopic (exact) mass is 295 g/mol. The Labute approximate surface area is 131 Å². The lowest BCUT2D eigenvalue weighted by molar-refractivity contribution is -0.134. The second-order valence-corrected chi connectivity index (χ2v) is 5.01. The standard InChI is InChI=1S/C19H21NO2/c1-22-19(21)12-11-17-7-9-18(10-8-17)15-20-14-13-16-5-3-2-4-6-16/h2-12,20H,13-15H2,1H3. The van der Waals surface area contributed by atoms with Gasteiger partial charge in [0.2, 0.25) is 0 Å². The SMILES string of the molecule is COC(=O)C=Cc1ccc(CNCCc2ccccc2)cc1. The molecule has 0 heterocycles. The van der Waals surface area contributed by atoms with Crippen LogP contribution >= 0.6 is 0 Å². The number of carbonyl (C=O) groups excluding carboxylic acids is 1. The second-order valence-electron chi connectivity index (χ2n) is 5.01. The number of hydrogen-bond donors (Lipinski definition) is 1. The highest BCUT2D eigenvalue weighted by Gasteiger charge is 1.96. The first-order chi connectivity index (χ1) is 10.8. The highest BCUT2D eigenvalue weighted by Crippen LogP contribution is 2.06. The maximum Gasteiger partial charge on any atom is 0.330 e. The van der Waals surface area contributed by atoms with Crippen LogP contribution in [0.2, 0.25) is 0 Å². The van der Waals surface area contributed by atoms with Crippen molar-refractivity contribution >= 4 is 12.0 Å². The number of esters is 1. The molecule has 22 heavy (non-hydrogen) atoms. The van der Waals surface area contributed by atoms with Crippen LogP contribution < -0.4 is 5.32 Å². The van der Waals surface area contributed by atoms with Gasteiger partial charge in [-0.3, -0.25) is 0 Å². The van der Waals surface area contributed by atoms with Crippen molar-refractivity contribution in [3.05, 3.63) is 77.4 Å². The van der Waals surface area contributed by atoms with Crippen LogP contribution in [-0.4, -0.2) is 19.6 Å². The van der Waals surface area contributed by atoms with Crippen LogP contribution in [0.15, 0.2) is 60.7 Å². The fourth-order valence-electron chi connectivity index (χ4n) is 2.09. The number of carbonyl (C=O) groups is 1. The van der Waals surface area contributed by atoms with Gasteiger partial charge >= 0.3 is 5.97 Å². The molecule has 0 aliphatic rings. The van der Waals surface area contributed by atoms with E-state index >= 15 is 0 Å². The highest BCUT2D eigenvalue weighted by molar-refractivity contribution is 5.86. The van der Waals surface area contributed by atoms with E-state index in [0.29, 0.717) is 0 Å². The van der Waals surface area contributed by atoms with Gasteiger partial charge in [-0.15, -0.1) is 0 Å². The normalized spacial score (nSPS) is 10.8. The van der Waals surface area contributed by atoms with Gasteiger partial charge in [0.25, 0.3) is 0 Å². The number of methoxy groups -OCH3 is 1. The zero-order valence-corrected chi connectivity index (χ0v) is 12.8. The summed E-state index contributed by atoms with van der Waals surface area (Å²) in [5.74, 6) is -0.341. The van der Waals surface area contributed by atoms with E-state index in [9.17, 15) is 4.79 Å². The van der Waals surface area contributed by atoms with E-state index in [0.717, 1.165) is 25.1 Å². The largest absolute Gasteiger partial charge is 0.466 e. The van der Waals surface area contributed by atoms with Crippen molar-refractivity contribution < 1.29 is 9.53 Å². The minimum atomic E-state index is -0.341. The van der Waals surface area contributed by atoms with Gasteiger partial charge in [0.15, 0.2) is 0 Å². The third-order valence-corrected chi connectivity index (χ3v) is 3.36. The van der Waals surface area contributed by atoms with Crippen molar-refractivity contribution in [2.45, 2.75) is 13.0 Å². The van der Waals surface area contributed by atoms with Gasteiger partial charge in [-0.05, 0) is 35.7 Å². The predicted octanol–water partition coefficient (Wildman–Crippen LogP) is 3.21. The fraction of sp³-hybridized carbons (Fsp3) is 0.211. The van der Waals surface area contributed by atoms with Gasteiger partial charge in [-0.1, -0.05) is 54.6 Å². The van der Waals surface area contributed by atoms with Gasteiger partial charge in [-0.2, -0.15) is 0 Å². The van der Waals surface area contributed by atoms with Crippen molar-refractivity contribution in [1.82, 2.24) is 5.32 Å². The van der Waals surface area contributed by atoms with Crippen LogP contribution in [0.25, 0.3) is 6.08 Å². The molecule has 0 bridgehead atoms. The molecule has 2 aromatic carbocycles. The Balaban J connectivity index is 1.74. The Morgan fingerprint density at radius 2 is 1.77 bits per heavy atom. The summed E-state index contributed by atoms with van der Waals surface area (Å²) in [7, 11) is 1.37. The van der Waals surface area contributed by atoms with Crippen LogP contribution in [0.5, 0.6) is 0 Å². The molecule has 0 fully saturated rings. The maximum atomic E-state index is 11.0. The molecule has 0 saturated carbocycles. The summed E-state index contributed by atoms with van der Waals surface area (Å²) in [6.07, 6.45) is 4.20. The molecule has 0 atom stereocenters. The molecule has 2 aromatic rings. The average Bonchev–Trinajstić information content (AvgIpc) is 2.58. The number of hydrogen-bond acceptors (Lipinski definition) is 3. The molecular formula is C19H21NO2. The summed E-state index contributed by atoms with van der Waals surface area (Å²) in [5, 5.41) is 3.44. The van der Waals surface area contributed by atoms with E-state index in [1.54, 1.807) is 6.08 Å². The van der Waals surface area contributed by atoms with Crippen LogP contribution in [0, 0.1) is 0 Å². The Hall–Kier alpha value is -2.39. The first-order valence-electron chi connectivity index (χ1n) is 7.37. The Morgan fingerprint density at radius 1 is 1.05 bits per heavy atom. The molecule has 0 amide bonds. The molecule has 0 aliphatic carbocycles. The van der Waals surface area contributed by atoms with E-state index < -0.39 is 0 Å². The van der Waals surface area contributed by atoms with Gasteiger partial charge in [0.05, 0.1) is 7.11 Å². The summed E-state index contributed by atoms with van der Waals surface area (Å²) in [6, 6.07) is 18.6. The Morgan fingerprint density at radius 3 is 2.45 bits per heavy atom. The molecule has 1 N–H and O–H groups in total. The Bertz CT molecular complexity index is 603. The van der Waals surface area contributed by atoms with E-state index in [1.807, 2.05) is 18.2 Å². The zero-order valence-electron chi connectivity index (χ0n) is 12.8. The molecule has 114 valence electrons. The summed E-state index contributed by atoms with van der Waals surface area (Å²) < 4.78 is 4.56. The second kappa shape index (κ2) is 8.80. The molecule has 0 aliphatic heterocycles. The quantitative estimate of drug-likeness (QED) is 0.484. The molecule has 0 radical (unpaired) electrons. The number of nitrogens with one attached hydrogen (secondary N) is 1. The van der Waals surface area contributed by atoms with Crippen LogP contribution in [0.1, 0.15) is 16.7 Å². The molecule has 0 spiro atoms. The van der Waals surface area contributed by atoms with E-state index in [4.69, 9.17) is 0 Å². The van der Waals surface area contributed by atoms with Gasteiger partial charge < -0.3 is 10.1 Å². The minimum absolute atomic E-state index is 0.341. The van der Waals surface area contributed by atoms with E-state index in [-0.39, 0.29) is 5.97 Å².